The van der Waals surface area contributed by atoms with Crippen molar-refractivity contribution in [3.05, 3.63) is 60.7 Å². The van der Waals surface area contributed by atoms with Crippen LogP contribution in [-0.2, 0) is 4.12 Å². The molecule has 2 aliphatic rings. The standard InChI is InChI=1S/C26H40N6O3Si2/c1-36(2,31(29-19-11-12-20-29)25(33)27-23-15-7-5-8-16-23)35-37(3,4)32(30-21-13-14-22-30)26(34)28-24-17-9-6-10-18-24/h5-10,15-18H,11-14,19-22H2,1-4H3,(H,27,33)(H,28,34). The summed E-state index contributed by atoms with van der Waals surface area (Å²) in [4.78, 5) is 27.3. The van der Waals surface area contributed by atoms with Gasteiger partial charge < -0.3 is 14.7 Å². The zero-order valence-corrected chi connectivity index (χ0v) is 24.4. The van der Waals surface area contributed by atoms with Crippen molar-refractivity contribution in [3.8, 4) is 0 Å². The summed E-state index contributed by atoms with van der Waals surface area (Å²) in [5, 5.41) is 10.4. The van der Waals surface area contributed by atoms with Crippen LogP contribution in [0.15, 0.2) is 60.7 Å². The molecule has 0 spiro atoms. The summed E-state index contributed by atoms with van der Waals surface area (Å²) >= 11 is 0. The Hall–Kier alpha value is -2.71. The van der Waals surface area contributed by atoms with Crippen molar-refractivity contribution in [1.29, 1.82) is 0 Å². The van der Waals surface area contributed by atoms with E-state index < -0.39 is 17.0 Å². The lowest BCUT2D eigenvalue weighted by Crippen LogP contribution is -2.70. The van der Waals surface area contributed by atoms with Crippen molar-refractivity contribution in [2.45, 2.75) is 51.9 Å². The quantitative estimate of drug-likeness (QED) is 0.433. The highest BCUT2D eigenvalue weighted by Crippen LogP contribution is 2.29. The van der Waals surface area contributed by atoms with Crippen molar-refractivity contribution in [3.63, 3.8) is 0 Å². The van der Waals surface area contributed by atoms with Gasteiger partial charge >= 0.3 is 29.0 Å². The van der Waals surface area contributed by atoms with Gasteiger partial charge in [0, 0.05) is 37.6 Å². The van der Waals surface area contributed by atoms with E-state index in [4.69, 9.17) is 4.12 Å². The minimum Gasteiger partial charge on any atom is -0.423 e. The van der Waals surface area contributed by atoms with Crippen molar-refractivity contribution in [2.75, 3.05) is 36.8 Å². The number of hydrazine groups is 2. The molecule has 0 aliphatic carbocycles. The highest BCUT2D eigenvalue weighted by Gasteiger charge is 2.50. The van der Waals surface area contributed by atoms with Crippen LogP contribution in [0.5, 0.6) is 0 Å². The molecule has 2 aromatic rings. The van der Waals surface area contributed by atoms with Crippen LogP contribution in [0.4, 0.5) is 21.0 Å². The number of carbonyl (C=O) groups excluding carboxylic acids is 2. The molecule has 2 N–H and O–H groups in total. The zero-order chi connectivity index (χ0) is 26.5. The van der Waals surface area contributed by atoms with Crippen LogP contribution in [0.1, 0.15) is 25.7 Å². The molecule has 37 heavy (non-hydrogen) atoms. The minimum absolute atomic E-state index is 0.184. The van der Waals surface area contributed by atoms with E-state index in [1.807, 2.05) is 70.0 Å². The van der Waals surface area contributed by atoms with Crippen molar-refractivity contribution < 1.29 is 13.7 Å². The molecule has 4 amide bonds. The molecule has 2 aliphatic heterocycles. The molecule has 0 unspecified atom stereocenters. The number of hydrogen-bond donors (Lipinski definition) is 2. The van der Waals surface area contributed by atoms with Gasteiger partial charge in [-0.3, -0.25) is 9.35 Å². The number of para-hydroxylation sites is 2. The first-order chi connectivity index (χ1) is 17.7. The molecule has 200 valence electrons. The van der Waals surface area contributed by atoms with E-state index in [9.17, 15) is 9.59 Å². The lowest BCUT2D eigenvalue weighted by atomic mass is 10.3. The summed E-state index contributed by atoms with van der Waals surface area (Å²) in [5.41, 5.74) is 1.50. The average Bonchev–Trinajstić information content (AvgIpc) is 3.54. The Kier molecular flexibility index (Phi) is 8.70. The van der Waals surface area contributed by atoms with Gasteiger partial charge in [0.25, 0.3) is 0 Å². The summed E-state index contributed by atoms with van der Waals surface area (Å²) < 4.78 is 10.7. The predicted octanol–water partition coefficient (Wildman–Crippen LogP) is 5.50. The number of amides is 4. The predicted molar refractivity (Wildman–Crippen MR) is 152 cm³/mol. The number of nitrogens with one attached hydrogen (secondary N) is 2. The van der Waals surface area contributed by atoms with Gasteiger partial charge in [-0.1, -0.05) is 36.4 Å². The number of carbonyl (C=O) groups is 2. The van der Waals surface area contributed by atoms with Crippen molar-refractivity contribution in [1.82, 2.24) is 19.4 Å². The SMILES string of the molecule is C[Si](C)(O[Si](C)(C)N(C(=O)Nc1ccccc1)N1CCCC1)N(C(=O)Nc1ccccc1)N1CCCC1. The molecular formula is C26H40N6O3Si2. The Bertz CT molecular complexity index is 961. The summed E-state index contributed by atoms with van der Waals surface area (Å²) in [6, 6.07) is 18.7. The van der Waals surface area contributed by atoms with Crippen molar-refractivity contribution in [2.24, 2.45) is 0 Å². The average molecular weight is 541 g/mol. The zero-order valence-electron chi connectivity index (χ0n) is 22.4. The fourth-order valence-corrected chi connectivity index (χ4v) is 13.8. The smallest absolute Gasteiger partial charge is 0.330 e. The third kappa shape index (κ3) is 6.79. The number of benzene rings is 2. The van der Waals surface area contributed by atoms with E-state index in [0.717, 1.165) is 63.2 Å². The third-order valence-electron chi connectivity index (χ3n) is 6.69. The molecule has 0 bridgehead atoms. The summed E-state index contributed by atoms with van der Waals surface area (Å²) in [7, 11) is -5.68. The van der Waals surface area contributed by atoms with Gasteiger partial charge in [0.2, 0.25) is 0 Å². The molecule has 2 heterocycles. The molecule has 2 fully saturated rings. The van der Waals surface area contributed by atoms with Crippen LogP contribution in [0.3, 0.4) is 0 Å². The highest BCUT2D eigenvalue weighted by atomic mass is 28.4. The second-order valence-corrected chi connectivity index (χ2v) is 18.0. The molecule has 4 rings (SSSR count). The number of anilines is 2. The van der Waals surface area contributed by atoms with E-state index >= 15 is 0 Å². The van der Waals surface area contributed by atoms with Crippen LogP contribution in [-0.4, -0.2) is 74.6 Å². The monoisotopic (exact) mass is 540 g/mol. The second kappa shape index (κ2) is 11.8. The van der Waals surface area contributed by atoms with Gasteiger partial charge in [-0.05, 0) is 76.1 Å². The fourth-order valence-electron chi connectivity index (χ4n) is 5.32. The first-order valence-corrected chi connectivity index (χ1v) is 18.9. The van der Waals surface area contributed by atoms with E-state index in [1.165, 1.54) is 0 Å². The van der Waals surface area contributed by atoms with E-state index in [-0.39, 0.29) is 12.1 Å². The van der Waals surface area contributed by atoms with Gasteiger partial charge in [-0.25, -0.2) is 19.6 Å². The topological polar surface area (TPSA) is 80.4 Å². The lowest BCUT2D eigenvalue weighted by Gasteiger charge is -2.49. The Morgan fingerprint density at radius 1 is 0.649 bits per heavy atom. The summed E-state index contributed by atoms with van der Waals surface area (Å²) in [6.07, 6.45) is 4.17. The molecule has 0 radical (unpaired) electrons. The maximum Gasteiger partial charge on any atom is 0.330 e. The van der Waals surface area contributed by atoms with Crippen LogP contribution in [0, 0.1) is 0 Å². The first-order valence-electron chi connectivity index (χ1n) is 13.2. The van der Waals surface area contributed by atoms with E-state index in [1.54, 1.807) is 0 Å². The van der Waals surface area contributed by atoms with Crippen LogP contribution >= 0.6 is 0 Å². The lowest BCUT2D eigenvalue weighted by molar-refractivity contribution is 0.0783. The van der Waals surface area contributed by atoms with E-state index in [0.29, 0.717) is 0 Å². The maximum atomic E-state index is 13.7. The van der Waals surface area contributed by atoms with Crippen LogP contribution in [0.2, 0.25) is 26.2 Å². The molecule has 2 aromatic carbocycles. The molecular weight excluding hydrogens is 500 g/mol. The first kappa shape index (κ1) is 27.3. The second-order valence-electron chi connectivity index (χ2n) is 10.5. The highest BCUT2D eigenvalue weighted by molar-refractivity contribution is 6.84. The fraction of sp³-hybridized carbons (Fsp3) is 0.462. The molecule has 0 atom stereocenters. The summed E-state index contributed by atoms with van der Waals surface area (Å²) in [5.74, 6) is 0. The van der Waals surface area contributed by atoms with Gasteiger partial charge in [-0.15, -0.1) is 0 Å². The van der Waals surface area contributed by atoms with E-state index in [2.05, 4.69) is 46.8 Å². The van der Waals surface area contributed by atoms with Crippen molar-refractivity contribution >= 4 is 40.4 Å². The maximum absolute atomic E-state index is 13.7. The number of hydrogen-bond acceptors (Lipinski definition) is 5. The van der Waals surface area contributed by atoms with Crippen LogP contribution < -0.4 is 10.6 Å². The van der Waals surface area contributed by atoms with Crippen LogP contribution in [0.25, 0.3) is 0 Å². The normalized spacial score (nSPS) is 17.0. The Morgan fingerprint density at radius 2 is 0.973 bits per heavy atom. The molecule has 0 aromatic heterocycles. The minimum atomic E-state index is -2.84. The molecule has 0 saturated carbocycles. The number of urea groups is 2. The summed E-state index contributed by atoms with van der Waals surface area (Å²) in [6.45, 7) is 11.5. The molecule has 11 heteroatoms. The van der Waals surface area contributed by atoms with Gasteiger partial charge in [0.05, 0.1) is 0 Å². The number of rotatable bonds is 8. The Labute approximate surface area is 222 Å². The largest absolute Gasteiger partial charge is 0.423 e. The van der Waals surface area contributed by atoms with Gasteiger partial charge in [0.1, 0.15) is 0 Å². The molecule has 9 nitrogen and oxygen atoms in total. The Balaban J connectivity index is 1.58. The van der Waals surface area contributed by atoms with Gasteiger partial charge in [-0.2, -0.15) is 0 Å². The number of nitrogens with zero attached hydrogens (tertiary/aromatic N) is 4. The Morgan fingerprint density at radius 3 is 1.30 bits per heavy atom. The van der Waals surface area contributed by atoms with Gasteiger partial charge in [0.15, 0.2) is 0 Å². The third-order valence-corrected chi connectivity index (χ3v) is 13.7. The molecule has 2 saturated heterocycles.